The van der Waals surface area contributed by atoms with Gasteiger partial charge in [-0.05, 0) is 18.2 Å². The minimum Gasteiger partial charge on any atom is -0.305 e. The standard InChI is InChI=1S/C14H10N4O/c19-14(12-9-15-7-8-16-12)18-13-6-5-10-3-1-2-4-11(10)17-13/h1-9H,(H,17,18,19). The monoisotopic (exact) mass is 250 g/mol. The molecule has 3 rings (SSSR count). The summed E-state index contributed by atoms with van der Waals surface area (Å²) in [4.78, 5) is 24.0. The molecule has 0 radical (unpaired) electrons. The first kappa shape index (κ1) is 11.3. The van der Waals surface area contributed by atoms with E-state index in [9.17, 15) is 4.79 Å². The highest BCUT2D eigenvalue weighted by Crippen LogP contribution is 2.14. The molecule has 0 saturated heterocycles. The molecule has 5 nitrogen and oxygen atoms in total. The third kappa shape index (κ3) is 2.40. The Balaban J connectivity index is 1.87. The number of nitrogens with zero attached hydrogens (tertiary/aromatic N) is 3. The summed E-state index contributed by atoms with van der Waals surface area (Å²) >= 11 is 0. The SMILES string of the molecule is O=C(Nc1ccc2ccccc2n1)c1cnccn1. The van der Waals surface area contributed by atoms with Crippen molar-refractivity contribution in [3.63, 3.8) is 0 Å². The van der Waals surface area contributed by atoms with Gasteiger partial charge in [-0.1, -0.05) is 18.2 Å². The summed E-state index contributed by atoms with van der Waals surface area (Å²) in [5.41, 5.74) is 1.09. The van der Waals surface area contributed by atoms with E-state index in [1.54, 1.807) is 6.07 Å². The van der Waals surface area contributed by atoms with E-state index in [1.165, 1.54) is 18.6 Å². The predicted molar refractivity (Wildman–Crippen MR) is 71.7 cm³/mol. The third-order valence-electron chi connectivity index (χ3n) is 2.64. The van der Waals surface area contributed by atoms with Gasteiger partial charge < -0.3 is 5.32 Å². The molecule has 0 spiro atoms. The zero-order valence-corrected chi connectivity index (χ0v) is 9.95. The van der Waals surface area contributed by atoms with Crippen molar-refractivity contribution in [3.8, 4) is 0 Å². The molecule has 19 heavy (non-hydrogen) atoms. The van der Waals surface area contributed by atoms with Crippen molar-refractivity contribution in [3.05, 3.63) is 60.7 Å². The fourth-order valence-electron chi connectivity index (χ4n) is 1.73. The van der Waals surface area contributed by atoms with E-state index < -0.39 is 0 Å². The second kappa shape index (κ2) is 4.81. The first-order valence-electron chi connectivity index (χ1n) is 5.76. The Kier molecular flexibility index (Phi) is 2.86. The summed E-state index contributed by atoms with van der Waals surface area (Å²) in [7, 11) is 0. The molecular weight excluding hydrogens is 240 g/mol. The average Bonchev–Trinajstić information content (AvgIpc) is 2.48. The zero-order valence-electron chi connectivity index (χ0n) is 9.95. The van der Waals surface area contributed by atoms with Gasteiger partial charge in [0.2, 0.25) is 0 Å². The molecule has 0 fully saturated rings. The summed E-state index contributed by atoms with van der Waals surface area (Å²) in [6, 6.07) is 11.4. The van der Waals surface area contributed by atoms with Crippen LogP contribution in [0.5, 0.6) is 0 Å². The maximum atomic E-state index is 11.9. The number of carbonyl (C=O) groups excluding carboxylic acids is 1. The van der Waals surface area contributed by atoms with E-state index in [0.717, 1.165) is 10.9 Å². The van der Waals surface area contributed by atoms with Crippen LogP contribution in [0.1, 0.15) is 10.5 Å². The quantitative estimate of drug-likeness (QED) is 0.757. The number of hydrogen-bond donors (Lipinski definition) is 1. The first-order chi connectivity index (χ1) is 9.33. The van der Waals surface area contributed by atoms with Gasteiger partial charge in [-0.15, -0.1) is 0 Å². The van der Waals surface area contributed by atoms with Gasteiger partial charge in [0.1, 0.15) is 11.5 Å². The Morgan fingerprint density at radius 3 is 2.79 bits per heavy atom. The first-order valence-corrected chi connectivity index (χ1v) is 5.76. The summed E-state index contributed by atoms with van der Waals surface area (Å²) < 4.78 is 0. The highest BCUT2D eigenvalue weighted by atomic mass is 16.1. The minimum atomic E-state index is -0.323. The lowest BCUT2D eigenvalue weighted by Crippen LogP contribution is -2.14. The van der Waals surface area contributed by atoms with E-state index in [4.69, 9.17) is 0 Å². The number of anilines is 1. The number of aromatic nitrogens is 3. The largest absolute Gasteiger partial charge is 0.305 e. The number of pyridine rings is 1. The molecule has 92 valence electrons. The number of amides is 1. The van der Waals surface area contributed by atoms with Crippen molar-refractivity contribution < 1.29 is 4.79 Å². The zero-order chi connectivity index (χ0) is 13.1. The van der Waals surface area contributed by atoms with Gasteiger partial charge in [0.15, 0.2) is 0 Å². The highest BCUT2D eigenvalue weighted by Gasteiger charge is 2.08. The Morgan fingerprint density at radius 1 is 1.05 bits per heavy atom. The molecule has 0 atom stereocenters. The lowest BCUT2D eigenvalue weighted by Gasteiger charge is -2.04. The molecule has 0 saturated carbocycles. The van der Waals surface area contributed by atoms with Gasteiger partial charge in [-0.25, -0.2) is 9.97 Å². The van der Waals surface area contributed by atoms with E-state index in [-0.39, 0.29) is 11.6 Å². The molecule has 2 heterocycles. The van der Waals surface area contributed by atoms with Crippen molar-refractivity contribution in [1.82, 2.24) is 15.0 Å². The van der Waals surface area contributed by atoms with Crippen LogP contribution in [0.2, 0.25) is 0 Å². The number of rotatable bonds is 2. The third-order valence-corrected chi connectivity index (χ3v) is 2.64. The topological polar surface area (TPSA) is 67.8 Å². The van der Waals surface area contributed by atoms with E-state index in [0.29, 0.717) is 5.82 Å². The second-order valence-corrected chi connectivity index (χ2v) is 3.93. The molecule has 3 aromatic rings. The van der Waals surface area contributed by atoms with Gasteiger partial charge in [0, 0.05) is 17.8 Å². The summed E-state index contributed by atoms with van der Waals surface area (Å²) in [6.07, 6.45) is 4.41. The number of carbonyl (C=O) groups is 1. The Hall–Kier alpha value is -2.82. The van der Waals surface area contributed by atoms with Crippen LogP contribution in [0, 0.1) is 0 Å². The smallest absolute Gasteiger partial charge is 0.277 e. The normalized spacial score (nSPS) is 10.3. The second-order valence-electron chi connectivity index (χ2n) is 3.93. The van der Waals surface area contributed by atoms with Gasteiger partial charge in [-0.3, -0.25) is 9.78 Å². The molecule has 0 unspecified atom stereocenters. The van der Waals surface area contributed by atoms with Crippen molar-refractivity contribution in [2.75, 3.05) is 5.32 Å². The van der Waals surface area contributed by atoms with E-state index >= 15 is 0 Å². The van der Waals surface area contributed by atoms with Gasteiger partial charge >= 0.3 is 0 Å². The van der Waals surface area contributed by atoms with E-state index in [1.807, 2.05) is 30.3 Å². The molecule has 0 bridgehead atoms. The van der Waals surface area contributed by atoms with Crippen LogP contribution in [0.4, 0.5) is 5.82 Å². The fourth-order valence-corrected chi connectivity index (χ4v) is 1.73. The van der Waals surface area contributed by atoms with Crippen LogP contribution in [0.3, 0.4) is 0 Å². The summed E-state index contributed by atoms with van der Waals surface area (Å²) in [6.45, 7) is 0. The van der Waals surface area contributed by atoms with Gasteiger partial charge in [-0.2, -0.15) is 0 Å². The van der Waals surface area contributed by atoms with Gasteiger partial charge in [0.25, 0.3) is 5.91 Å². The number of hydrogen-bond acceptors (Lipinski definition) is 4. The Morgan fingerprint density at radius 2 is 1.95 bits per heavy atom. The molecule has 1 N–H and O–H groups in total. The average molecular weight is 250 g/mol. The number of nitrogens with one attached hydrogen (secondary N) is 1. The fraction of sp³-hybridized carbons (Fsp3) is 0. The summed E-state index contributed by atoms with van der Waals surface area (Å²) in [5.74, 6) is 0.172. The van der Waals surface area contributed by atoms with Crippen LogP contribution >= 0.6 is 0 Å². The van der Waals surface area contributed by atoms with Crippen molar-refractivity contribution >= 4 is 22.6 Å². The molecule has 5 heteroatoms. The molecule has 1 aromatic carbocycles. The van der Waals surface area contributed by atoms with Crippen molar-refractivity contribution in [1.29, 1.82) is 0 Å². The van der Waals surface area contributed by atoms with Crippen LogP contribution in [-0.4, -0.2) is 20.9 Å². The van der Waals surface area contributed by atoms with Crippen LogP contribution in [-0.2, 0) is 0 Å². The minimum absolute atomic E-state index is 0.262. The maximum absolute atomic E-state index is 11.9. The molecular formula is C14H10N4O. The molecule has 0 aliphatic rings. The molecule has 0 aliphatic heterocycles. The van der Waals surface area contributed by atoms with Crippen LogP contribution in [0.25, 0.3) is 10.9 Å². The lowest BCUT2D eigenvalue weighted by molar-refractivity contribution is 0.102. The van der Waals surface area contributed by atoms with Crippen molar-refractivity contribution in [2.24, 2.45) is 0 Å². The van der Waals surface area contributed by atoms with E-state index in [2.05, 4.69) is 20.3 Å². The maximum Gasteiger partial charge on any atom is 0.277 e. The van der Waals surface area contributed by atoms with Crippen LogP contribution < -0.4 is 5.32 Å². The van der Waals surface area contributed by atoms with Gasteiger partial charge in [0.05, 0.1) is 11.7 Å². The summed E-state index contributed by atoms with van der Waals surface area (Å²) in [5, 5.41) is 3.73. The highest BCUT2D eigenvalue weighted by molar-refractivity contribution is 6.02. The lowest BCUT2D eigenvalue weighted by atomic mass is 10.2. The molecule has 1 amide bonds. The number of fused-ring (bicyclic) bond motifs is 1. The number of para-hydroxylation sites is 1. The predicted octanol–water partition coefficient (Wildman–Crippen LogP) is 2.28. The molecule has 0 aliphatic carbocycles. The Labute approximate surface area is 109 Å². The van der Waals surface area contributed by atoms with Crippen molar-refractivity contribution in [2.45, 2.75) is 0 Å². The van der Waals surface area contributed by atoms with Crippen LogP contribution in [0.15, 0.2) is 55.0 Å². The number of benzene rings is 1. The Bertz CT molecular complexity index is 728. The molecule has 2 aromatic heterocycles.